The molecule has 0 spiro atoms. The van der Waals surface area contributed by atoms with Crippen LogP contribution < -0.4 is 15.5 Å². The van der Waals surface area contributed by atoms with Crippen LogP contribution in [0.25, 0.3) is 0 Å². The molecule has 1 aromatic heterocycles. The molecule has 2 N–H and O–H groups in total. The zero-order valence-corrected chi connectivity index (χ0v) is 14.0. The fourth-order valence-electron chi connectivity index (χ4n) is 2.15. The van der Waals surface area contributed by atoms with Crippen molar-refractivity contribution in [2.24, 2.45) is 0 Å². The molecule has 1 aliphatic heterocycles. The van der Waals surface area contributed by atoms with Crippen LogP contribution in [-0.4, -0.2) is 40.9 Å². The SMILES string of the molecule is CCNc1nnc(SCC(=O)N2CC(=O)Nc3ccccc32)s1. The normalized spacial score (nSPS) is 13.4. The van der Waals surface area contributed by atoms with E-state index < -0.39 is 0 Å². The van der Waals surface area contributed by atoms with E-state index in [4.69, 9.17) is 0 Å². The predicted octanol–water partition coefficient (Wildman–Crippen LogP) is 2.05. The number of carbonyl (C=O) groups is 2. The standard InChI is InChI=1S/C14H15N5O2S2/c1-2-15-13-17-18-14(23-13)22-8-12(21)19-7-11(20)16-9-5-3-4-6-10(9)19/h3-6H,2,7-8H2,1H3,(H,15,17)(H,16,20). The van der Waals surface area contributed by atoms with Crippen molar-refractivity contribution in [1.82, 2.24) is 10.2 Å². The quantitative estimate of drug-likeness (QED) is 0.804. The van der Waals surface area contributed by atoms with Crippen molar-refractivity contribution in [2.75, 3.05) is 34.4 Å². The van der Waals surface area contributed by atoms with E-state index in [0.717, 1.165) is 21.7 Å². The second-order valence-corrected chi connectivity index (χ2v) is 6.94. The predicted molar refractivity (Wildman–Crippen MR) is 92.2 cm³/mol. The first-order chi connectivity index (χ1) is 11.2. The first-order valence-corrected chi connectivity index (χ1v) is 8.87. The Kier molecular flexibility index (Phi) is 4.77. The number of hydrogen-bond acceptors (Lipinski definition) is 7. The molecule has 2 amide bonds. The van der Waals surface area contributed by atoms with Gasteiger partial charge in [-0.3, -0.25) is 9.59 Å². The van der Waals surface area contributed by atoms with E-state index in [-0.39, 0.29) is 24.1 Å². The number of aromatic nitrogens is 2. The molecule has 0 atom stereocenters. The van der Waals surface area contributed by atoms with Crippen LogP contribution >= 0.6 is 23.1 Å². The van der Waals surface area contributed by atoms with Gasteiger partial charge in [0.2, 0.25) is 16.9 Å². The number of rotatable bonds is 5. The van der Waals surface area contributed by atoms with E-state index in [1.54, 1.807) is 6.07 Å². The summed E-state index contributed by atoms with van der Waals surface area (Å²) in [6.45, 7) is 2.80. The molecule has 9 heteroatoms. The van der Waals surface area contributed by atoms with Crippen LogP contribution in [0.2, 0.25) is 0 Å². The number of fused-ring (bicyclic) bond motifs is 1. The Balaban J connectivity index is 1.67. The lowest BCUT2D eigenvalue weighted by Crippen LogP contribution is -2.43. The Bertz CT molecular complexity index is 733. The second kappa shape index (κ2) is 6.97. The zero-order valence-electron chi connectivity index (χ0n) is 12.4. The Morgan fingerprint density at radius 2 is 2.26 bits per heavy atom. The van der Waals surface area contributed by atoms with E-state index in [1.165, 1.54) is 28.0 Å². The summed E-state index contributed by atoms with van der Waals surface area (Å²) in [6, 6.07) is 7.28. The molecule has 0 fully saturated rings. The molecule has 2 heterocycles. The average Bonchev–Trinajstić information content (AvgIpc) is 3.00. The third-order valence-corrected chi connectivity index (χ3v) is 5.12. The molecule has 0 bridgehead atoms. The number of hydrogen-bond donors (Lipinski definition) is 2. The first kappa shape index (κ1) is 15.8. The molecule has 3 rings (SSSR count). The first-order valence-electron chi connectivity index (χ1n) is 7.07. The van der Waals surface area contributed by atoms with Crippen molar-refractivity contribution in [3.63, 3.8) is 0 Å². The number of nitrogens with zero attached hydrogens (tertiary/aromatic N) is 3. The number of nitrogens with one attached hydrogen (secondary N) is 2. The summed E-state index contributed by atoms with van der Waals surface area (Å²) in [5.41, 5.74) is 1.38. The van der Waals surface area contributed by atoms with Crippen molar-refractivity contribution in [1.29, 1.82) is 0 Å². The van der Waals surface area contributed by atoms with Gasteiger partial charge < -0.3 is 15.5 Å². The van der Waals surface area contributed by atoms with E-state index in [9.17, 15) is 9.59 Å². The largest absolute Gasteiger partial charge is 0.360 e. The zero-order chi connectivity index (χ0) is 16.2. The number of amides is 2. The molecule has 23 heavy (non-hydrogen) atoms. The van der Waals surface area contributed by atoms with Crippen LogP contribution in [-0.2, 0) is 9.59 Å². The van der Waals surface area contributed by atoms with E-state index in [1.807, 2.05) is 25.1 Å². The monoisotopic (exact) mass is 349 g/mol. The summed E-state index contributed by atoms with van der Waals surface area (Å²) in [7, 11) is 0. The molecule has 120 valence electrons. The van der Waals surface area contributed by atoms with Crippen LogP contribution in [0, 0.1) is 0 Å². The Morgan fingerprint density at radius 1 is 1.43 bits per heavy atom. The minimum absolute atomic E-state index is 0.0369. The number of benzene rings is 1. The molecule has 0 unspecified atom stereocenters. The molecule has 1 aromatic carbocycles. The lowest BCUT2D eigenvalue weighted by Gasteiger charge is -2.28. The third-order valence-electron chi connectivity index (χ3n) is 3.13. The summed E-state index contributed by atoms with van der Waals surface area (Å²) in [5.74, 6) is -0.104. The summed E-state index contributed by atoms with van der Waals surface area (Å²) < 4.78 is 0.726. The summed E-state index contributed by atoms with van der Waals surface area (Å²) in [6.07, 6.45) is 0. The van der Waals surface area contributed by atoms with Gasteiger partial charge in [0, 0.05) is 6.54 Å². The molecular formula is C14H15N5O2S2. The summed E-state index contributed by atoms with van der Waals surface area (Å²) >= 11 is 2.74. The van der Waals surface area contributed by atoms with Crippen LogP contribution in [0.3, 0.4) is 0 Å². The number of thioether (sulfide) groups is 1. The third kappa shape index (κ3) is 3.62. The lowest BCUT2D eigenvalue weighted by atomic mass is 10.2. The molecule has 0 saturated carbocycles. The maximum absolute atomic E-state index is 12.5. The highest BCUT2D eigenvalue weighted by molar-refractivity contribution is 8.01. The van der Waals surface area contributed by atoms with Gasteiger partial charge in [0.15, 0.2) is 4.34 Å². The summed E-state index contributed by atoms with van der Waals surface area (Å²) in [4.78, 5) is 25.7. The number of anilines is 3. The molecule has 0 saturated heterocycles. The molecule has 0 radical (unpaired) electrons. The van der Waals surface area contributed by atoms with Crippen molar-refractivity contribution in [3.05, 3.63) is 24.3 Å². The lowest BCUT2D eigenvalue weighted by molar-refractivity contribution is -0.120. The van der Waals surface area contributed by atoms with Gasteiger partial charge in [0.05, 0.1) is 17.1 Å². The summed E-state index contributed by atoms with van der Waals surface area (Å²) in [5, 5.41) is 14.6. The van der Waals surface area contributed by atoms with Gasteiger partial charge in [-0.15, -0.1) is 10.2 Å². The Labute approximate surface area is 141 Å². The fraction of sp³-hybridized carbons (Fsp3) is 0.286. The van der Waals surface area contributed by atoms with Crippen LogP contribution in [0.15, 0.2) is 28.6 Å². The highest BCUT2D eigenvalue weighted by Gasteiger charge is 2.26. The van der Waals surface area contributed by atoms with Crippen LogP contribution in [0.5, 0.6) is 0 Å². The van der Waals surface area contributed by atoms with Gasteiger partial charge in [-0.1, -0.05) is 35.2 Å². The number of carbonyl (C=O) groups excluding carboxylic acids is 2. The Hall–Kier alpha value is -2.13. The highest BCUT2D eigenvalue weighted by Crippen LogP contribution is 2.31. The van der Waals surface area contributed by atoms with Gasteiger partial charge >= 0.3 is 0 Å². The Morgan fingerprint density at radius 3 is 3.09 bits per heavy atom. The van der Waals surface area contributed by atoms with E-state index in [2.05, 4.69) is 20.8 Å². The van der Waals surface area contributed by atoms with Gasteiger partial charge in [-0.05, 0) is 19.1 Å². The van der Waals surface area contributed by atoms with Gasteiger partial charge in [-0.2, -0.15) is 0 Å². The molecule has 2 aromatic rings. The van der Waals surface area contributed by atoms with Crippen molar-refractivity contribution in [2.45, 2.75) is 11.3 Å². The molecule has 0 aliphatic carbocycles. The van der Waals surface area contributed by atoms with Gasteiger partial charge in [-0.25, -0.2) is 0 Å². The smallest absolute Gasteiger partial charge is 0.244 e. The van der Waals surface area contributed by atoms with Crippen molar-refractivity contribution < 1.29 is 9.59 Å². The van der Waals surface area contributed by atoms with Crippen LogP contribution in [0.1, 0.15) is 6.92 Å². The molecule has 7 nitrogen and oxygen atoms in total. The minimum atomic E-state index is -0.188. The number of para-hydroxylation sites is 2. The topological polar surface area (TPSA) is 87.2 Å². The molecule has 1 aliphatic rings. The van der Waals surface area contributed by atoms with Gasteiger partial charge in [0.1, 0.15) is 6.54 Å². The maximum Gasteiger partial charge on any atom is 0.244 e. The van der Waals surface area contributed by atoms with Crippen LogP contribution in [0.4, 0.5) is 16.5 Å². The second-order valence-electron chi connectivity index (χ2n) is 4.74. The minimum Gasteiger partial charge on any atom is -0.360 e. The highest BCUT2D eigenvalue weighted by atomic mass is 32.2. The molecular weight excluding hydrogens is 334 g/mol. The fourth-order valence-corrected chi connectivity index (χ4v) is 3.84. The van der Waals surface area contributed by atoms with E-state index >= 15 is 0 Å². The maximum atomic E-state index is 12.5. The van der Waals surface area contributed by atoms with Gasteiger partial charge in [0.25, 0.3) is 0 Å². The average molecular weight is 349 g/mol. The van der Waals surface area contributed by atoms with E-state index in [0.29, 0.717) is 5.69 Å². The van der Waals surface area contributed by atoms with Crippen molar-refractivity contribution in [3.8, 4) is 0 Å². The van der Waals surface area contributed by atoms with Crippen molar-refractivity contribution >= 4 is 51.4 Å².